The van der Waals surface area contributed by atoms with E-state index in [4.69, 9.17) is 4.74 Å². The monoisotopic (exact) mass is 208 g/mol. The highest BCUT2D eigenvalue weighted by Crippen LogP contribution is 2.34. The molecule has 82 valence electrons. The Hall–Kier alpha value is -0.940. The first-order valence-electron chi connectivity index (χ1n) is 5.55. The van der Waals surface area contributed by atoms with Crippen molar-refractivity contribution in [1.82, 2.24) is 20.3 Å². The van der Waals surface area contributed by atoms with Crippen LogP contribution >= 0.6 is 0 Å². The van der Waals surface area contributed by atoms with Crippen molar-refractivity contribution >= 4 is 0 Å². The molecule has 0 spiro atoms. The van der Waals surface area contributed by atoms with Crippen LogP contribution in [-0.4, -0.2) is 33.2 Å². The van der Waals surface area contributed by atoms with Crippen molar-refractivity contribution in [3.05, 3.63) is 11.9 Å². The van der Waals surface area contributed by atoms with E-state index in [0.29, 0.717) is 18.2 Å². The fourth-order valence-electron chi connectivity index (χ4n) is 2.56. The molecule has 1 aromatic heterocycles. The predicted octanol–water partition coefficient (Wildman–Crippen LogP) is 0.225. The Morgan fingerprint density at radius 3 is 3.13 bits per heavy atom. The molecule has 2 fully saturated rings. The van der Waals surface area contributed by atoms with Crippen LogP contribution in [0.3, 0.4) is 0 Å². The van der Waals surface area contributed by atoms with E-state index in [1.165, 1.54) is 12.8 Å². The van der Waals surface area contributed by atoms with Gasteiger partial charge >= 0.3 is 0 Å². The van der Waals surface area contributed by atoms with Crippen LogP contribution in [0.4, 0.5) is 0 Å². The van der Waals surface area contributed by atoms with Gasteiger partial charge in [-0.15, -0.1) is 5.10 Å². The van der Waals surface area contributed by atoms with Gasteiger partial charge in [0.2, 0.25) is 0 Å². The van der Waals surface area contributed by atoms with Gasteiger partial charge in [-0.25, -0.2) is 0 Å². The highest BCUT2D eigenvalue weighted by molar-refractivity contribution is 4.98. The second kappa shape index (κ2) is 3.57. The molecule has 0 radical (unpaired) electrons. The lowest BCUT2D eigenvalue weighted by molar-refractivity contribution is 0.0972. The average molecular weight is 208 g/mol. The molecule has 0 aliphatic carbocycles. The molecule has 3 atom stereocenters. The van der Waals surface area contributed by atoms with Gasteiger partial charge in [0.1, 0.15) is 0 Å². The molecule has 3 unspecified atom stereocenters. The normalized spacial score (nSPS) is 33.8. The average Bonchev–Trinajstić information content (AvgIpc) is 2.90. The lowest BCUT2D eigenvalue weighted by Crippen LogP contribution is -2.37. The van der Waals surface area contributed by atoms with E-state index in [1.54, 1.807) is 10.9 Å². The van der Waals surface area contributed by atoms with Gasteiger partial charge in [-0.05, 0) is 19.3 Å². The summed E-state index contributed by atoms with van der Waals surface area (Å²) in [6, 6.07) is 0.527. The molecule has 2 aliphatic heterocycles. The molecular formula is C10H16N4O. The second-order valence-corrected chi connectivity index (χ2v) is 4.45. The number of rotatable bonds is 3. The molecule has 15 heavy (non-hydrogen) atoms. The summed E-state index contributed by atoms with van der Waals surface area (Å²) in [4.78, 5) is 0. The minimum Gasteiger partial charge on any atom is -0.373 e. The lowest BCUT2D eigenvalue weighted by atomic mass is 9.95. The number of hydrogen-bond acceptors (Lipinski definition) is 4. The van der Waals surface area contributed by atoms with E-state index in [-0.39, 0.29) is 0 Å². The highest BCUT2D eigenvalue weighted by Gasteiger charge is 2.40. The SMILES string of the molecule is Cn1nncc1CNC1CC2CCC1O2. The van der Waals surface area contributed by atoms with Crippen LogP contribution in [-0.2, 0) is 18.3 Å². The number of aromatic nitrogens is 3. The molecule has 3 heterocycles. The standard InChI is InChI=1S/C10H16N4O/c1-14-7(6-12-13-14)5-11-9-4-8-2-3-10(9)15-8/h6,8-11H,2-5H2,1H3. The summed E-state index contributed by atoms with van der Waals surface area (Å²) in [6.07, 6.45) is 6.38. The van der Waals surface area contributed by atoms with Crippen LogP contribution in [0.5, 0.6) is 0 Å². The van der Waals surface area contributed by atoms with E-state index in [1.807, 2.05) is 7.05 Å². The van der Waals surface area contributed by atoms with Gasteiger partial charge in [-0.3, -0.25) is 4.68 Å². The Morgan fingerprint density at radius 1 is 1.60 bits per heavy atom. The second-order valence-electron chi connectivity index (χ2n) is 4.45. The van der Waals surface area contributed by atoms with Crippen LogP contribution in [0.2, 0.25) is 0 Å². The third-order valence-electron chi connectivity index (χ3n) is 3.46. The third-order valence-corrected chi connectivity index (χ3v) is 3.46. The maximum atomic E-state index is 5.78. The van der Waals surface area contributed by atoms with Gasteiger partial charge in [0.15, 0.2) is 0 Å². The molecule has 1 aromatic rings. The Bertz CT molecular complexity index is 351. The number of nitrogens with zero attached hydrogens (tertiary/aromatic N) is 3. The van der Waals surface area contributed by atoms with E-state index in [2.05, 4.69) is 15.6 Å². The van der Waals surface area contributed by atoms with Crippen LogP contribution in [0.15, 0.2) is 6.20 Å². The van der Waals surface area contributed by atoms with Crippen molar-refractivity contribution in [3.63, 3.8) is 0 Å². The van der Waals surface area contributed by atoms with Crippen LogP contribution in [0.25, 0.3) is 0 Å². The summed E-state index contributed by atoms with van der Waals surface area (Å²) in [5.41, 5.74) is 1.12. The molecule has 0 aromatic carbocycles. The summed E-state index contributed by atoms with van der Waals surface area (Å²) in [6.45, 7) is 0.834. The molecule has 2 aliphatic rings. The Balaban J connectivity index is 1.57. The van der Waals surface area contributed by atoms with Crippen molar-refractivity contribution in [1.29, 1.82) is 0 Å². The number of aryl methyl sites for hydroxylation is 1. The van der Waals surface area contributed by atoms with Gasteiger partial charge in [-0.1, -0.05) is 5.21 Å². The smallest absolute Gasteiger partial charge is 0.0738 e. The molecule has 2 saturated heterocycles. The van der Waals surface area contributed by atoms with Crippen molar-refractivity contribution in [3.8, 4) is 0 Å². The Kier molecular flexibility index (Phi) is 2.21. The van der Waals surface area contributed by atoms with Gasteiger partial charge in [0, 0.05) is 19.6 Å². The summed E-state index contributed by atoms with van der Waals surface area (Å²) in [5.74, 6) is 0. The summed E-state index contributed by atoms with van der Waals surface area (Å²) < 4.78 is 7.59. The van der Waals surface area contributed by atoms with E-state index in [9.17, 15) is 0 Å². The molecule has 5 heteroatoms. The first-order valence-corrected chi connectivity index (χ1v) is 5.55. The fourth-order valence-corrected chi connectivity index (χ4v) is 2.56. The largest absolute Gasteiger partial charge is 0.373 e. The molecule has 1 N–H and O–H groups in total. The number of fused-ring (bicyclic) bond motifs is 2. The van der Waals surface area contributed by atoms with Crippen molar-refractivity contribution in [2.24, 2.45) is 7.05 Å². The number of nitrogens with one attached hydrogen (secondary N) is 1. The van der Waals surface area contributed by atoms with E-state index in [0.717, 1.165) is 18.7 Å². The first kappa shape index (κ1) is 9.30. The predicted molar refractivity (Wildman–Crippen MR) is 54.1 cm³/mol. The molecule has 3 rings (SSSR count). The number of hydrogen-bond donors (Lipinski definition) is 1. The minimum atomic E-state index is 0.441. The first-order chi connectivity index (χ1) is 7.33. The third kappa shape index (κ3) is 1.66. The molecule has 2 bridgehead atoms. The van der Waals surface area contributed by atoms with Gasteiger partial charge < -0.3 is 10.1 Å². The minimum absolute atomic E-state index is 0.441. The van der Waals surface area contributed by atoms with Gasteiger partial charge in [0.05, 0.1) is 24.1 Å². The van der Waals surface area contributed by atoms with Gasteiger partial charge in [0.25, 0.3) is 0 Å². The summed E-state index contributed by atoms with van der Waals surface area (Å²) >= 11 is 0. The van der Waals surface area contributed by atoms with Crippen LogP contribution in [0, 0.1) is 0 Å². The zero-order chi connectivity index (χ0) is 10.3. The van der Waals surface area contributed by atoms with Crippen molar-refractivity contribution < 1.29 is 4.74 Å². The summed E-state index contributed by atoms with van der Waals surface area (Å²) in [7, 11) is 1.92. The molecule has 5 nitrogen and oxygen atoms in total. The molecule has 0 amide bonds. The van der Waals surface area contributed by atoms with E-state index >= 15 is 0 Å². The Morgan fingerprint density at radius 2 is 2.53 bits per heavy atom. The molecule has 0 saturated carbocycles. The Labute approximate surface area is 88.8 Å². The van der Waals surface area contributed by atoms with Crippen molar-refractivity contribution in [2.45, 2.75) is 44.1 Å². The summed E-state index contributed by atoms with van der Waals surface area (Å²) in [5, 5.41) is 11.3. The zero-order valence-electron chi connectivity index (χ0n) is 8.89. The quantitative estimate of drug-likeness (QED) is 0.772. The molecular weight excluding hydrogens is 192 g/mol. The van der Waals surface area contributed by atoms with Crippen LogP contribution in [0.1, 0.15) is 25.0 Å². The zero-order valence-corrected chi connectivity index (χ0v) is 8.89. The topological polar surface area (TPSA) is 52.0 Å². The number of ether oxygens (including phenoxy) is 1. The maximum Gasteiger partial charge on any atom is 0.0738 e. The highest BCUT2D eigenvalue weighted by atomic mass is 16.5. The maximum absolute atomic E-state index is 5.78. The van der Waals surface area contributed by atoms with Crippen molar-refractivity contribution in [2.75, 3.05) is 0 Å². The lowest BCUT2D eigenvalue weighted by Gasteiger charge is -2.19. The fraction of sp³-hybridized carbons (Fsp3) is 0.800. The van der Waals surface area contributed by atoms with Crippen LogP contribution < -0.4 is 5.32 Å². The van der Waals surface area contributed by atoms with E-state index < -0.39 is 0 Å². The van der Waals surface area contributed by atoms with Gasteiger partial charge in [-0.2, -0.15) is 0 Å².